The number of aromatic nitrogens is 2. The highest BCUT2D eigenvalue weighted by molar-refractivity contribution is 6.00. The van der Waals surface area contributed by atoms with Crippen molar-refractivity contribution in [2.75, 3.05) is 48.8 Å². The van der Waals surface area contributed by atoms with E-state index >= 15 is 0 Å². The van der Waals surface area contributed by atoms with E-state index in [0.717, 1.165) is 11.4 Å². The largest absolute Gasteiger partial charge is 0.376 e. The Hall–Kier alpha value is -3.16. The summed E-state index contributed by atoms with van der Waals surface area (Å²) in [5.41, 5.74) is 1.78. The Bertz CT molecular complexity index is 796. The van der Waals surface area contributed by atoms with E-state index in [0.29, 0.717) is 25.5 Å². The first kappa shape index (κ1) is 18.6. The molecule has 0 aliphatic carbocycles. The molecule has 3 rings (SSSR count). The normalized spacial score (nSPS) is 16.3. The number of nitrogens with one attached hydrogen (secondary N) is 2. The third-order valence-electron chi connectivity index (χ3n) is 4.45. The number of anilines is 3. The summed E-state index contributed by atoms with van der Waals surface area (Å²) in [4.78, 5) is 28.2. The summed E-state index contributed by atoms with van der Waals surface area (Å²) < 4.78 is 0. The molecule has 0 bridgehead atoms. The Morgan fingerprint density at radius 3 is 2.78 bits per heavy atom. The van der Waals surface area contributed by atoms with Crippen LogP contribution in [0.15, 0.2) is 42.6 Å². The zero-order valence-corrected chi connectivity index (χ0v) is 15.6. The van der Waals surface area contributed by atoms with Gasteiger partial charge in [0, 0.05) is 51.9 Å². The van der Waals surface area contributed by atoms with E-state index in [1.165, 1.54) is 0 Å². The first-order chi connectivity index (χ1) is 13.0. The lowest BCUT2D eigenvalue weighted by molar-refractivity contribution is -0.126. The minimum Gasteiger partial charge on any atom is -0.376 e. The molecule has 1 fully saturated rings. The van der Waals surface area contributed by atoms with Crippen LogP contribution in [-0.2, 0) is 9.59 Å². The van der Waals surface area contributed by atoms with Crippen molar-refractivity contribution in [1.82, 2.24) is 15.5 Å². The van der Waals surface area contributed by atoms with Gasteiger partial charge in [-0.2, -0.15) is 5.10 Å². The van der Waals surface area contributed by atoms with Crippen molar-refractivity contribution in [3.63, 3.8) is 0 Å². The Morgan fingerprint density at radius 1 is 1.26 bits per heavy atom. The van der Waals surface area contributed by atoms with Crippen molar-refractivity contribution < 1.29 is 9.59 Å². The lowest BCUT2D eigenvalue weighted by Gasteiger charge is -2.16. The Labute approximate surface area is 158 Å². The Kier molecular flexibility index (Phi) is 5.85. The fourth-order valence-electron chi connectivity index (χ4n) is 2.95. The van der Waals surface area contributed by atoms with E-state index in [-0.39, 0.29) is 24.2 Å². The predicted molar refractivity (Wildman–Crippen MR) is 105 cm³/mol. The number of hydrogen-bond acceptors (Lipinski definition) is 6. The minimum absolute atomic E-state index is 0.0183. The quantitative estimate of drug-likeness (QED) is 0.712. The zero-order chi connectivity index (χ0) is 19.2. The molecular formula is C19H24N6O2. The second kappa shape index (κ2) is 8.48. The average molecular weight is 368 g/mol. The predicted octanol–water partition coefficient (Wildman–Crippen LogP) is 1.12. The van der Waals surface area contributed by atoms with E-state index in [2.05, 4.69) is 20.8 Å². The van der Waals surface area contributed by atoms with Crippen LogP contribution in [0.4, 0.5) is 17.2 Å². The van der Waals surface area contributed by atoms with Gasteiger partial charge in [0.15, 0.2) is 5.82 Å². The standard InChI is InChI=1S/C19H24N6O2/c1-24(2)16-11-17(23-22-12-16)20-8-9-21-19(27)14-10-18(26)25(13-14)15-6-4-3-5-7-15/h3-7,11-12,14H,8-10,13H2,1-2H3,(H,20,23)(H,21,27). The summed E-state index contributed by atoms with van der Waals surface area (Å²) >= 11 is 0. The van der Waals surface area contributed by atoms with Crippen molar-refractivity contribution in [3.05, 3.63) is 42.6 Å². The summed E-state index contributed by atoms with van der Waals surface area (Å²) in [5.74, 6) is 0.211. The van der Waals surface area contributed by atoms with Crippen molar-refractivity contribution in [2.24, 2.45) is 5.92 Å². The van der Waals surface area contributed by atoms with Crippen molar-refractivity contribution in [1.29, 1.82) is 0 Å². The molecule has 2 amide bonds. The molecule has 1 unspecified atom stereocenters. The maximum absolute atomic E-state index is 12.4. The van der Waals surface area contributed by atoms with Crippen LogP contribution in [0, 0.1) is 5.92 Å². The second-order valence-electron chi connectivity index (χ2n) is 6.65. The van der Waals surface area contributed by atoms with Crippen LogP contribution in [-0.4, -0.2) is 55.7 Å². The summed E-state index contributed by atoms with van der Waals surface area (Å²) in [5, 5.41) is 14.0. The summed E-state index contributed by atoms with van der Waals surface area (Å²) in [7, 11) is 3.87. The zero-order valence-electron chi connectivity index (χ0n) is 15.6. The minimum atomic E-state index is -0.324. The molecule has 1 saturated heterocycles. The van der Waals surface area contributed by atoms with Crippen molar-refractivity contribution in [3.8, 4) is 0 Å². The van der Waals surface area contributed by atoms with Crippen molar-refractivity contribution >= 4 is 29.0 Å². The molecule has 2 heterocycles. The number of carbonyl (C=O) groups is 2. The van der Waals surface area contributed by atoms with Gasteiger partial charge in [0.1, 0.15) is 0 Å². The molecule has 1 aliphatic heterocycles. The first-order valence-corrected chi connectivity index (χ1v) is 8.91. The molecule has 2 aromatic rings. The monoisotopic (exact) mass is 368 g/mol. The molecule has 0 radical (unpaired) electrons. The summed E-state index contributed by atoms with van der Waals surface area (Å²) in [6.07, 6.45) is 1.92. The molecule has 1 atom stereocenters. The first-order valence-electron chi connectivity index (χ1n) is 8.91. The topological polar surface area (TPSA) is 90.5 Å². The van der Waals surface area contributed by atoms with Gasteiger partial charge in [-0.05, 0) is 12.1 Å². The van der Waals surface area contributed by atoms with Gasteiger partial charge in [-0.25, -0.2) is 0 Å². The van der Waals surface area contributed by atoms with Crippen molar-refractivity contribution in [2.45, 2.75) is 6.42 Å². The van der Waals surface area contributed by atoms with E-state index < -0.39 is 0 Å². The maximum Gasteiger partial charge on any atom is 0.227 e. The number of amides is 2. The number of nitrogens with zero attached hydrogens (tertiary/aromatic N) is 4. The van der Waals surface area contributed by atoms with E-state index in [9.17, 15) is 9.59 Å². The average Bonchev–Trinajstić information content (AvgIpc) is 3.08. The lowest BCUT2D eigenvalue weighted by atomic mass is 10.1. The maximum atomic E-state index is 12.4. The molecule has 0 saturated carbocycles. The van der Waals surface area contributed by atoms with Gasteiger partial charge < -0.3 is 20.4 Å². The van der Waals surface area contributed by atoms with Gasteiger partial charge in [0.2, 0.25) is 11.8 Å². The van der Waals surface area contributed by atoms with Gasteiger partial charge >= 0.3 is 0 Å². The highest BCUT2D eigenvalue weighted by Gasteiger charge is 2.34. The third kappa shape index (κ3) is 4.72. The summed E-state index contributed by atoms with van der Waals surface area (Å²) in [6.45, 7) is 1.39. The van der Waals surface area contributed by atoms with Gasteiger partial charge in [-0.1, -0.05) is 18.2 Å². The second-order valence-corrected chi connectivity index (χ2v) is 6.65. The molecule has 27 heavy (non-hydrogen) atoms. The molecule has 2 N–H and O–H groups in total. The fraction of sp³-hybridized carbons (Fsp3) is 0.368. The third-order valence-corrected chi connectivity index (χ3v) is 4.45. The Balaban J connectivity index is 1.45. The molecule has 8 heteroatoms. The number of hydrogen-bond donors (Lipinski definition) is 2. The number of para-hydroxylation sites is 1. The van der Waals surface area contributed by atoms with Crippen LogP contribution in [0.1, 0.15) is 6.42 Å². The molecular weight excluding hydrogens is 344 g/mol. The number of carbonyl (C=O) groups excluding carboxylic acids is 2. The fourth-order valence-corrected chi connectivity index (χ4v) is 2.95. The van der Waals surface area contributed by atoms with E-state index in [1.807, 2.05) is 55.4 Å². The van der Waals surface area contributed by atoms with Crippen LogP contribution < -0.4 is 20.4 Å². The highest BCUT2D eigenvalue weighted by Crippen LogP contribution is 2.24. The lowest BCUT2D eigenvalue weighted by Crippen LogP contribution is -2.35. The summed E-state index contributed by atoms with van der Waals surface area (Å²) in [6, 6.07) is 11.3. The molecule has 1 aliphatic rings. The molecule has 8 nitrogen and oxygen atoms in total. The van der Waals surface area contributed by atoms with Gasteiger partial charge in [0.25, 0.3) is 0 Å². The van der Waals surface area contributed by atoms with E-state index in [4.69, 9.17) is 0 Å². The van der Waals surface area contributed by atoms with Gasteiger partial charge in [-0.15, -0.1) is 5.10 Å². The highest BCUT2D eigenvalue weighted by atomic mass is 16.2. The SMILES string of the molecule is CN(C)c1cnnc(NCCNC(=O)C2CC(=O)N(c3ccccc3)C2)c1. The van der Waals surface area contributed by atoms with Crippen LogP contribution in [0.2, 0.25) is 0 Å². The van der Waals surface area contributed by atoms with Crippen LogP contribution in [0.5, 0.6) is 0 Å². The van der Waals surface area contributed by atoms with Gasteiger partial charge in [0.05, 0.1) is 17.8 Å². The van der Waals surface area contributed by atoms with Crippen LogP contribution in [0.3, 0.4) is 0 Å². The van der Waals surface area contributed by atoms with Crippen LogP contribution in [0.25, 0.3) is 0 Å². The van der Waals surface area contributed by atoms with Gasteiger partial charge in [-0.3, -0.25) is 9.59 Å². The van der Waals surface area contributed by atoms with Crippen LogP contribution >= 0.6 is 0 Å². The Morgan fingerprint density at radius 2 is 2.04 bits per heavy atom. The molecule has 0 spiro atoms. The van der Waals surface area contributed by atoms with E-state index in [1.54, 1.807) is 11.1 Å². The molecule has 1 aromatic carbocycles. The molecule has 142 valence electrons. The molecule has 1 aromatic heterocycles. The number of rotatable bonds is 7. The number of benzene rings is 1. The smallest absolute Gasteiger partial charge is 0.227 e.